The summed E-state index contributed by atoms with van der Waals surface area (Å²) in [5.41, 5.74) is 9.38. The van der Waals surface area contributed by atoms with Crippen LogP contribution in [-0.2, 0) is 13.0 Å². The van der Waals surface area contributed by atoms with E-state index in [1.165, 1.54) is 11.3 Å². The van der Waals surface area contributed by atoms with E-state index in [1.54, 1.807) is 19.2 Å². The number of rotatable bonds is 3. The highest BCUT2D eigenvalue weighted by Crippen LogP contribution is 2.27. The third kappa shape index (κ3) is 3.87. The van der Waals surface area contributed by atoms with Gasteiger partial charge in [0.05, 0.1) is 0 Å². The van der Waals surface area contributed by atoms with Gasteiger partial charge in [-0.2, -0.15) is 0 Å². The van der Waals surface area contributed by atoms with E-state index in [0.29, 0.717) is 12.1 Å². The molecule has 0 aromatic heterocycles. The molecule has 1 heterocycles. The topological polar surface area (TPSA) is 70.7 Å². The number of primary amides is 1. The summed E-state index contributed by atoms with van der Waals surface area (Å²) >= 11 is 0. The molecule has 2 aromatic carbocycles. The summed E-state index contributed by atoms with van der Waals surface area (Å²) in [6, 6.07) is 15.7. The van der Waals surface area contributed by atoms with Crippen molar-refractivity contribution >= 4 is 41.5 Å². The molecular weight excluding hydrogens is 415 g/mol. The van der Waals surface area contributed by atoms with Gasteiger partial charge < -0.3 is 16.0 Å². The van der Waals surface area contributed by atoms with Gasteiger partial charge in [0.25, 0.3) is 0 Å². The molecule has 0 spiro atoms. The van der Waals surface area contributed by atoms with Crippen molar-refractivity contribution in [1.29, 1.82) is 0 Å². The van der Waals surface area contributed by atoms with Gasteiger partial charge in [-0.05, 0) is 35.7 Å². The molecule has 24 heavy (non-hydrogen) atoms. The lowest BCUT2D eigenvalue weighted by Gasteiger charge is -2.22. The van der Waals surface area contributed by atoms with Crippen LogP contribution in [0.25, 0.3) is 0 Å². The molecule has 0 saturated heterocycles. The van der Waals surface area contributed by atoms with E-state index in [1.807, 2.05) is 18.2 Å². The average molecular weight is 436 g/mol. The van der Waals surface area contributed by atoms with E-state index < -0.39 is 5.91 Å². The Bertz CT molecular complexity index is 760. The van der Waals surface area contributed by atoms with Gasteiger partial charge in [0.2, 0.25) is 5.91 Å². The van der Waals surface area contributed by atoms with E-state index in [2.05, 4.69) is 33.4 Å². The Morgan fingerprint density at radius 2 is 2.04 bits per heavy atom. The largest absolute Gasteiger partial charge is 0.366 e. The van der Waals surface area contributed by atoms with Crippen LogP contribution in [0.15, 0.2) is 53.5 Å². The first-order valence-electron chi connectivity index (χ1n) is 7.64. The Kier molecular flexibility index (Phi) is 6.19. The summed E-state index contributed by atoms with van der Waals surface area (Å²) < 4.78 is 0. The van der Waals surface area contributed by atoms with Crippen molar-refractivity contribution in [3.63, 3.8) is 0 Å². The van der Waals surface area contributed by atoms with Crippen LogP contribution in [0, 0.1) is 0 Å². The Labute approximate surface area is 159 Å². The zero-order valence-corrected chi connectivity index (χ0v) is 15.9. The standard InChI is InChI=1S/C18H20N4O.HI/c1-20-18(22-10-9-14-6-2-3-8-16(14)22)21-12-13-5-4-7-15(11-13)17(19)23;/h2-8,11H,9-10,12H2,1H3,(H2,19,23)(H,20,21);1H. The number of anilines is 1. The molecule has 0 atom stereocenters. The van der Waals surface area contributed by atoms with Crippen molar-refractivity contribution in [3.8, 4) is 0 Å². The number of amides is 1. The summed E-state index contributed by atoms with van der Waals surface area (Å²) in [5, 5.41) is 3.36. The number of guanidine groups is 1. The van der Waals surface area contributed by atoms with Gasteiger partial charge in [-0.15, -0.1) is 24.0 Å². The van der Waals surface area contributed by atoms with E-state index in [-0.39, 0.29) is 24.0 Å². The van der Waals surface area contributed by atoms with Gasteiger partial charge in [0, 0.05) is 31.4 Å². The minimum absolute atomic E-state index is 0. The molecule has 0 unspecified atom stereocenters. The van der Waals surface area contributed by atoms with Crippen LogP contribution in [0.5, 0.6) is 0 Å². The number of hydrogen-bond acceptors (Lipinski definition) is 2. The Morgan fingerprint density at radius 3 is 2.79 bits per heavy atom. The third-order valence-corrected chi connectivity index (χ3v) is 4.02. The number of carbonyl (C=O) groups is 1. The zero-order valence-electron chi connectivity index (χ0n) is 13.5. The SMILES string of the molecule is CN=C(NCc1cccc(C(N)=O)c1)N1CCc2ccccc21.I. The Hall–Kier alpha value is -2.09. The average Bonchev–Trinajstić information content (AvgIpc) is 3.00. The highest BCUT2D eigenvalue weighted by Gasteiger charge is 2.22. The number of nitrogens with two attached hydrogens (primary N) is 1. The maximum atomic E-state index is 11.3. The summed E-state index contributed by atoms with van der Waals surface area (Å²) in [7, 11) is 1.78. The number of halogens is 1. The molecule has 0 fully saturated rings. The van der Waals surface area contributed by atoms with Crippen molar-refractivity contribution in [2.75, 3.05) is 18.5 Å². The summed E-state index contributed by atoms with van der Waals surface area (Å²) in [6.45, 7) is 1.51. The quantitative estimate of drug-likeness (QED) is 0.442. The van der Waals surface area contributed by atoms with Gasteiger partial charge >= 0.3 is 0 Å². The van der Waals surface area contributed by atoms with Crippen LogP contribution in [0.1, 0.15) is 21.5 Å². The molecule has 1 aliphatic rings. The van der Waals surface area contributed by atoms with Crippen molar-refractivity contribution in [2.24, 2.45) is 10.7 Å². The van der Waals surface area contributed by atoms with Crippen LogP contribution >= 0.6 is 24.0 Å². The molecule has 5 nitrogen and oxygen atoms in total. The lowest BCUT2D eigenvalue weighted by Crippen LogP contribution is -2.40. The first-order valence-corrected chi connectivity index (χ1v) is 7.64. The maximum Gasteiger partial charge on any atom is 0.248 e. The predicted molar refractivity (Wildman–Crippen MR) is 108 cm³/mol. The molecular formula is C18H21IN4O. The summed E-state index contributed by atoms with van der Waals surface area (Å²) in [6.07, 6.45) is 1.02. The minimum atomic E-state index is -0.412. The fourth-order valence-corrected chi connectivity index (χ4v) is 2.87. The molecule has 3 N–H and O–H groups in total. The van der Waals surface area contributed by atoms with Gasteiger partial charge in [-0.25, -0.2) is 0 Å². The fraction of sp³-hybridized carbons (Fsp3) is 0.222. The van der Waals surface area contributed by atoms with E-state index in [4.69, 9.17) is 5.73 Å². The number of nitrogens with zero attached hydrogens (tertiary/aromatic N) is 2. The minimum Gasteiger partial charge on any atom is -0.366 e. The number of benzene rings is 2. The number of hydrogen-bond donors (Lipinski definition) is 2. The number of nitrogens with one attached hydrogen (secondary N) is 1. The molecule has 0 radical (unpaired) electrons. The van der Waals surface area contributed by atoms with Crippen LogP contribution in [0.2, 0.25) is 0 Å². The maximum absolute atomic E-state index is 11.3. The fourth-order valence-electron chi connectivity index (χ4n) is 2.87. The molecule has 0 saturated carbocycles. The summed E-state index contributed by atoms with van der Waals surface area (Å²) in [4.78, 5) is 17.8. The molecule has 126 valence electrons. The van der Waals surface area contributed by atoms with Crippen molar-refractivity contribution < 1.29 is 4.79 Å². The van der Waals surface area contributed by atoms with Gasteiger partial charge in [-0.1, -0.05) is 30.3 Å². The molecule has 1 aliphatic heterocycles. The van der Waals surface area contributed by atoms with Crippen molar-refractivity contribution in [1.82, 2.24) is 5.32 Å². The Balaban J connectivity index is 0.00000208. The first kappa shape index (κ1) is 18.3. The van der Waals surface area contributed by atoms with Gasteiger partial charge in [0.15, 0.2) is 5.96 Å². The highest BCUT2D eigenvalue weighted by molar-refractivity contribution is 14.0. The van der Waals surface area contributed by atoms with Gasteiger partial charge in [-0.3, -0.25) is 9.79 Å². The number of fused-ring (bicyclic) bond motifs is 1. The molecule has 2 aromatic rings. The van der Waals surface area contributed by atoms with E-state index >= 15 is 0 Å². The lowest BCUT2D eigenvalue weighted by atomic mass is 10.1. The second-order valence-corrected chi connectivity index (χ2v) is 5.50. The molecule has 1 amide bonds. The van der Waals surface area contributed by atoms with E-state index in [9.17, 15) is 4.79 Å². The van der Waals surface area contributed by atoms with Crippen molar-refractivity contribution in [2.45, 2.75) is 13.0 Å². The number of carbonyl (C=O) groups excluding carboxylic acids is 1. The van der Waals surface area contributed by atoms with Crippen LogP contribution in [0.4, 0.5) is 5.69 Å². The molecule has 3 rings (SSSR count). The van der Waals surface area contributed by atoms with Crippen LogP contribution < -0.4 is 16.0 Å². The second kappa shape index (κ2) is 8.14. The second-order valence-electron chi connectivity index (χ2n) is 5.50. The predicted octanol–water partition coefficient (Wildman–Crippen LogP) is 2.54. The highest BCUT2D eigenvalue weighted by atomic mass is 127. The number of aliphatic imine (C=N–C) groups is 1. The lowest BCUT2D eigenvalue weighted by molar-refractivity contribution is 0.1000. The normalized spacial score (nSPS) is 13.2. The molecule has 0 bridgehead atoms. The third-order valence-electron chi connectivity index (χ3n) is 4.02. The summed E-state index contributed by atoms with van der Waals surface area (Å²) in [5.74, 6) is 0.420. The van der Waals surface area contributed by atoms with Gasteiger partial charge in [0.1, 0.15) is 0 Å². The van der Waals surface area contributed by atoms with Crippen LogP contribution in [-0.4, -0.2) is 25.5 Å². The van der Waals surface area contributed by atoms with Crippen molar-refractivity contribution in [3.05, 3.63) is 65.2 Å². The van der Waals surface area contributed by atoms with E-state index in [0.717, 1.165) is 24.5 Å². The van der Waals surface area contributed by atoms with Crippen LogP contribution in [0.3, 0.4) is 0 Å². The number of para-hydroxylation sites is 1. The smallest absolute Gasteiger partial charge is 0.248 e. The molecule has 0 aliphatic carbocycles. The monoisotopic (exact) mass is 436 g/mol. The zero-order chi connectivity index (χ0) is 16.2. The Morgan fingerprint density at radius 1 is 1.25 bits per heavy atom. The molecule has 6 heteroatoms. The first-order chi connectivity index (χ1) is 11.2.